The molecule has 0 spiro atoms. The third kappa shape index (κ3) is 3.97. The quantitative estimate of drug-likeness (QED) is 0.462. The van der Waals surface area contributed by atoms with Gasteiger partial charge in [0.05, 0.1) is 5.75 Å². The normalized spacial score (nSPS) is 46.2. The van der Waals surface area contributed by atoms with E-state index in [0.717, 1.165) is 38.5 Å². The number of hydrogen-bond donors (Lipinski definition) is 2. The molecule has 0 saturated heterocycles. The third-order valence-corrected chi connectivity index (χ3v) is 11.1. The summed E-state index contributed by atoms with van der Waals surface area (Å²) in [5.74, 6) is 1.43. The van der Waals surface area contributed by atoms with Crippen molar-refractivity contribution in [3.05, 3.63) is 0 Å². The van der Waals surface area contributed by atoms with E-state index in [1.165, 1.54) is 0 Å². The molecule has 4 saturated carbocycles. The summed E-state index contributed by atoms with van der Waals surface area (Å²) in [5, 5.41) is 10.3. The maximum atomic E-state index is 13.3. The molecule has 0 bridgehead atoms. The van der Waals surface area contributed by atoms with Gasteiger partial charge < -0.3 is 5.11 Å². The second-order valence-electron chi connectivity index (χ2n) is 10.4. The maximum Gasteiger partial charge on any atom is 0.320 e. The first-order valence-corrected chi connectivity index (χ1v) is 14.0. The predicted molar refractivity (Wildman–Crippen MR) is 111 cm³/mol. The van der Waals surface area contributed by atoms with Crippen molar-refractivity contribution in [2.45, 2.75) is 76.7 Å². The first-order valence-electron chi connectivity index (χ1n) is 11.1. The Morgan fingerprint density at radius 1 is 1.07 bits per heavy atom. The van der Waals surface area contributed by atoms with Crippen LogP contribution in [0.15, 0.2) is 0 Å². The number of Topliss-reactive ketones (excluding diaryl/α,β-unsaturated/α-hetero) is 1. The Balaban J connectivity index is 1.46. The molecule has 0 radical (unpaired) electrons. The van der Waals surface area contributed by atoms with Gasteiger partial charge in [-0.1, -0.05) is 6.92 Å². The van der Waals surface area contributed by atoms with E-state index in [9.17, 15) is 27.1 Å². The zero-order chi connectivity index (χ0) is 21.9. The minimum Gasteiger partial charge on any atom is -0.384 e. The lowest BCUT2D eigenvalue weighted by Gasteiger charge is -2.57. The minimum absolute atomic E-state index is 0.0885. The van der Waals surface area contributed by atoms with Crippen LogP contribution < -0.4 is 0 Å². The topological polar surface area (TPSA) is 91.7 Å². The van der Waals surface area contributed by atoms with Crippen molar-refractivity contribution < 1.29 is 31.7 Å². The van der Waals surface area contributed by atoms with E-state index < -0.39 is 21.2 Å². The molecule has 4 fully saturated rings. The maximum absolute atomic E-state index is 13.3. The standard InChI is InChI=1S/C21H32F2O5S2/c1-20-8-6-14-13-7-9-21(25,19(22)23)10-12(13)2-3-15(14)16(20)4-5-17(20)18(24)11-29-30(26,27)28/h12-17,19,25H,2-11H2,1H3,(H,26,27,28)/t12-,13+,14-,15-,16+,17-,20+,21+/m1/s1. The van der Waals surface area contributed by atoms with Crippen molar-refractivity contribution in [1.29, 1.82) is 0 Å². The van der Waals surface area contributed by atoms with Crippen LogP contribution in [0.5, 0.6) is 0 Å². The van der Waals surface area contributed by atoms with E-state index in [4.69, 9.17) is 4.55 Å². The molecule has 4 aliphatic rings. The molecule has 30 heavy (non-hydrogen) atoms. The lowest BCUT2D eigenvalue weighted by Crippen LogP contribution is -2.53. The van der Waals surface area contributed by atoms with Gasteiger partial charge in [-0.3, -0.25) is 9.35 Å². The molecule has 0 amide bonds. The van der Waals surface area contributed by atoms with Crippen LogP contribution in [0.4, 0.5) is 8.78 Å². The van der Waals surface area contributed by atoms with Crippen molar-refractivity contribution in [3.8, 4) is 0 Å². The summed E-state index contributed by atoms with van der Waals surface area (Å²) in [5.41, 5.74) is -1.98. The molecule has 9 heteroatoms. The summed E-state index contributed by atoms with van der Waals surface area (Å²) in [4.78, 5) is 12.8. The van der Waals surface area contributed by atoms with Crippen LogP contribution in [-0.2, 0) is 13.9 Å². The monoisotopic (exact) mass is 466 g/mol. The summed E-state index contributed by atoms with van der Waals surface area (Å²) in [7, 11) is -3.92. The highest BCUT2D eigenvalue weighted by atomic mass is 33.1. The average molecular weight is 467 g/mol. The van der Waals surface area contributed by atoms with E-state index in [1.807, 2.05) is 0 Å². The van der Waals surface area contributed by atoms with Gasteiger partial charge in [-0.15, -0.1) is 0 Å². The summed E-state index contributed by atoms with van der Waals surface area (Å²) in [6, 6.07) is 0. The molecular weight excluding hydrogens is 434 g/mol. The van der Waals surface area contributed by atoms with Gasteiger partial charge >= 0.3 is 9.15 Å². The molecule has 0 aliphatic heterocycles. The zero-order valence-electron chi connectivity index (χ0n) is 17.3. The Kier molecular flexibility index (Phi) is 6.08. The number of rotatable bonds is 5. The van der Waals surface area contributed by atoms with Crippen molar-refractivity contribution in [2.24, 2.45) is 40.9 Å². The molecule has 5 nitrogen and oxygen atoms in total. The number of ketones is 1. The van der Waals surface area contributed by atoms with E-state index in [-0.39, 0.29) is 41.6 Å². The average Bonchev–Trinajstić information content (AvgIpc) is 3.02. The number of carbonyl (C=O) groups is 1. The van der Waals surface area contributed by atoms with Crippen LogP contribution in [0.2, 0.25) is 0 Å². The Labute approximate surface area is 180 Å². The van der Waals surface area contributed by atoms with Crippen molar-refractivity contribution in [1.82, 2.24) is 0 Å². The van der Waals surface area contributed by atoms with Crippen molar-refractivity contribution in [3.63, 3.8) is 0 Å². The molecule has 0 aromatic rings. The van der Waals surface area contributed by atoms with Gasteiger partial charge in [0, 0.05) is 16.7 Å². The molecule has 0 aromatic carbocycles. The zero-order valence-corrected chi connectivity index (χ0v) is 18.9. The summed E-state index contributed by atoms with van der Waals surface area (Å²) in [6.07, 6.45) is 3.75. The van der Waals surface area contributed by atoms with E-state index in [1.54, 1.807) is 0 Å². The summed E-state index contributed by atoms with van der Waals surface area (Å²) in [6.45, 7) is 2.17. The minimum atomic E-state index is -4.22. The van der Waals surface area contributed by atoms with E-state index in [0.29, 0.717) is 40.9 Å². The first-order chi connectivity index (χ1) is 13.9. The van der Waals surface area contributed by atoms with Crippen LogP contribution in [0.3, 0.4) is 0 Å². The number of alkyl halides is 2. The molecular formula is C21H32F2O5S2. The fraction of sp³-hybridized carbons (Fsp3) is 0.952. The summed E-state index contributed by atoms with van der Waals surface area (Å²) >= 11 is 0. The van der Waals surface area contributed by atoms with Crippen molar-refractivity contribution >= 4 is 25.7 Å². The second kappa shape index (κ2) is 7.96. The Morgan fingerprint density at radius 3 is 2.43 bits per heavy atom. The van der Waals surface area contributed by atoms with Gasteiger partial charge in [0.15, 0.2) is 0 Å². The molecule has 4 rings (SSSR count). The van der Waals surface area contributed by atoms with Gasteiger partial charge in [0.1, 0.15) is 11.4 Å². The van der Waals surface area contributed by atoms with Crippen LogP contribution in [0.25, 0.3) is 0 Å². The second-order valence-corrected chi connectivity index (χ2v) is 13.8. The van der Waals surface area contributed by atoms with Gasteiger partial charge in [-0.05, 0) is 92.8 Å². The summed E-state index contributed by atoms with van der Waals surface area (Å²) < 4.78 is 57.7. The molecule has 4 aliphatic carbocycles. The Morgan fingerprint density at radius 2 is 1.77 bits per heavy atom. The highest BCUT2D eigenvalue weighted by Gasteiger charge is 2.59. The number of aliphatic hydroxyl groups is 1. The van der Waals surface area contributed by atoms with Gasteiger partial charge in [0.2, 0.25) is 0 Å². The highest BCUT2D eigenvalue weighted by Crippen LogP contribution is 2.65. The van der Waals surface area contributed by atoms with Gasteiger partial charge in [-0.25, -0.2) is 8.78 Å². The molecule has 8 atom stereocenters. The number of halogens is 2. The molecule has 2 N–H and O–H groups in total. The Bertz CT molecular complexity index is 790. The predicted octanol–water partition coefficient (Wildman–Crippen LogP) is 4.36. The molecule has 172 valence electrons. The lowest BCUT2D eigenvalue weighted by atomic mass is 9.49. The van der Waals surface area contributed by atoms with Crippen LogP contribution in [0.1, 0.15) is 64.7 Å². The number of hydrogen-bond acceptors (Lipinski definition) is 5. The molecule has 0 heterocycles. The third-order valence-electron chi connectivity index (χ3n) is 9.19. The van der Waals surface area contributed by atoms with Gasteiger partial charge in [-0.2, -0.15) is 8.42 Å². The van der Waals surface area contributed by atoms with Crippen molar-refractivity contribution in [2.75, 3.05) is 5.75 Å². The largest absolute Gasteiger partial charge is 0.384 e. The van der Waals surface area contributed by atoms with E-state index in [2.05, 4.69) is 6.92 Å². The fourth-order valence-corrected chi connectivity index (χ4v) is 9.13. The number of fused-ring (bicyclic) bond motifs is 5. The smallest absolute Gasteiger partial charge is 0.320 e. The van der Waals surface area contributed by atoms with E-state index >= 15 is 0 Å². The molecule has 0 unspecified atom stereocenters. The van der Waals surface area contributed by atoms with Crippen LogP contribution in [0, 0.1) is 40.9 Å². The number of carbonyl (C=O) groups excluding carboxylic acids is 1. The lowest BCUT2D eigenvalue weighted by molar-refractivity contribution is -0.160. The first kappa shape index (κ1) is 22.9. The highest BCUT2D eigenvalue weighted by molar-refractivity contribution is 8.70. The van der Waals surface area contributed by atoms with Crippen LogP contribution >= 0.6 is 10.8 Å². The molecule has 0 aromatic heterocycles. The Hall–Kier alpha value is -0.250. The van der Waals surface area contributed by atoms with Crippen LogP contribution in [-0.4, -0.2) is 41.6 Å². The SMILES string of the molecule is C[C@]12CC[C@H]3[C@@H](CC[C@@H]4C[C@](O)(C(F)F)CC[C@@H]43)[C@@H]1CC[C@@H]2C(=O)CSS(=O)(=O)O. The fourth-order valence-electron chi connectivity index (χ4n) is 7.87. The van der Waals surface area contributed by atoms with Gasteiger partial charge in [0.25, 0.3) is 6.43 Å².